The molecule has 1 aromatic carbocycles. The van der Waals surface area contributed by atoms with Crippen molar-refractivity contribution in [2.45, 2.75) is 19.8 Å². The quantitative estimate of drug-likeness (QED) is 0.834. The number of rotatable bonds is 5. The van der Waals surface area contributed by atoms with Crippen LogP contribution >= 0.6 is 0 Å². The Labute approximate surface area is 148 Å². The highest BCUT2D eigenvalue weighted by atomic mass is 16.5. The summed E-state index contributed by atoms with van der Waals surface area (Å²) in [5.41, 5.74) is 1.99. The first-order valence-corrected chi connectivity index (χ1v) is 8.62. The Morgan fingerprint density at radius 3 is 2.52 bits per heavy atom. The highest BCUT2D eigenvalue weighted by Crippen LogP contribution is 2.20. The van der Waals surface area contributed by atoms with Gasteiger partial charge in [0.05, 0.1) is 12.8 Å². The average molecular weight is 340 g/mol. The second-order valence-electron chi connectivity index (χ2n) is 6.21. The summed E-state index contributed by atoms with van der Waals surface area (Å²) < 4.78 is 5.35. The van der Waals surface area contributed by atoms with Crippen molar-refractivity contribution >= 4 is 11.7 Å². The smallest absolute Gasteiger partial charge is 0.223 e. The number of methoxy groups -OCH3 is 1. The van der Waals surface area contributed by atoms with Crippen LogP contribution < -0.4 is 9.64 Å². The molecule has 25 heavy (non-hydrogen) atoms. The summed E-state index contributed by atoms with van der Waals surface area (Å²) in [4.78, 5) is 16.6. The zero-order chi connectivity index (χ0) is 17.6. The first-order chi connectivity index (χ1) is 12.2. The van der Waals surface area contributed by atoms with Gasteiger partial charge in [-0.25, -0.2) is 0 Å². The standard InChI is InChI=1S/C19H24N4O2/c1-15-7-9-18(21-20-15)22-11-13-23(14-12-22)19(24)10-8-16-5-3-4-6-17(16)25-2/h3-7,9H,8,10-14H2,1-2H3. The van der Waals surface area contributed by atoms with Crippen LogP contribution in [-0.4, -0.2) is 54.3 Å². The number of carbonyl (C=O) groups excluding carboxylic acids is 1. The fraction of sp³-hybridized carbons (Fsp3) is 0.421. The van der Waals surface area contributed by atoms with Gasteiger partial charge in [0.2, 0.25) is 5.91 Å². The maximum absolute atomic E-state index is 12.5. The number of ether oxygens (including phenoxy) is 1. The summed E-state index contributed by atoms with van der Waals surface area (Å²) in [6.07, 6.45) is 1.21. The van der Waals surface area contributed by atoms with Crippen LogP contribution in [0.5, 0.6) is 5.75 Å². The van der Waals surface area contributed by atoms with Crippen molar-refractivity contribution < 1.29 is 9.53 Å². The largest absolute Gasteiger partial charge is 0.496 e. The van der Waals surface area contributed by atoms with Crippen molar-refractivity contribution in [3.05, 3.63) is 47.7 Å². The average Bonchev–Trinajstić information content (AvgIpc) is 2.67. The van der Waals surface area contributed by atoms with Gasteiger partial charge in [-0.1, -0.05) is 18.2 Å². The SMILES string of the molecule is COc1ccccc1CCC(=O)N1CCN(c2ccc(C)nn2)CC1. The number of carbonyl (C=O) groups is 1. The first-order valence-electron chi connectivity index (χ1n) is 8.62. The summed E-state index contributed by atoms with van der Waals surface area (Å²) in [6.45, 7) is 4.95. The van der Waals surface area contributed by atoms with Gasteiger partial charge in [0.15, 0.2) is 5.82 Å². The summed E-state index contributed by atoms with van der Waals surface area (Å²) >= 11 is 0. The van der Waals surface area contributed by atoms with Gasteiger partial charge in [0.25, 0.3) is 0 Å². The van der Waals surface area contributed by atoms with E-state index in [0.29, 0.717) is 12.8 Å². The molecule has 0 atom stereocenters. The van der Waals surface area contributed by atoms with E-state index in [2.05, 4.69) is 15.1 Å². The lowest BCUT2D eigenvalue weighted by atomic mass is 10.1. The minimum Gasteiger partial charge on any atom is -0.496 e. The number of piperazine rings is 1. The van der Waals surface area contributed by atoms with Crippen LogP contribution in [0.4, 0.5) is 5.82 Å². The Hall–Kier alpha value is -2.63. The topological polar surface area (TPSA) is 58.6 Å². The molecule has 2 heterocycles. The molecule has 2 aromatic rings. The van der Waals surface area contributed by atoms with Crippen molar-refractivity contribution in [3.8, 4) is 5.75 Å². The number of aryl methyl sites for hydroxylation is 2. The Bertz CT molecular complexity index is 710. The molecule has 1 aliphatic rings. The minimum absolute atomic E-state index is 0.195. The van der Waals surface area contributed by atoms with Gasteiger partial charge < -0.3 is 14.5 Å². The summed E-state index contributed by atoms with van der Waals surface area (Å²) in [7, 11) is 1.66. The molecule has 6 nitrogen and oxygen atoms in total. The molecule has 132 valence electrons. The van der Waals surface area contributed by atoms with E-state index in [4.69, 9.17) is 4.74 Å². The maximum Gasteiger partial charge on any atom is 0.223 e. The predicted molar refractivity (Wildman–Crippen MR) is 96.9 cm³/mol. The first kappa shape index (κ1) is 17.2. The van der Waals surface area contributed by atoms with E-state index in [-0.39, 0.29) is 5.91 Å². The third kappa shape index (κ3) is 4.26. The van der Waals surface area contributed by atoms with Crippen LogP contribution in [0.15, 0.2) is 36.4 Å². The fourth-order valence-corrected chi connectivity index (χ4v) is 3.05. The number of para-hydroxylation sites is 1. The summed E-state index contributed by atoms with van der Waals surface area (Å²) in [5, 5.41) is 8.33. The highest BCUT2D eigenvalue weighted by molar-refractivity contribution is 5.77. The van der Waals surface area contributed by atoms with Crippen LogP contribution in [-0.2, 0) is 11.2 Å². The Kier molecular flexibility index (Phi) is 5.48. The van der Waals surface area contributed by atoms with Crippen molar-refractivity contribution in [1.82, 2.24) is 15.1 Å². The van der Waals surface area contributed by atoms with E-state index in [1.807, 2.05) is 48.2 Å². The van der Waals surface area contributed by atoms with E-state index >= 15 is 0 Å². The van der Waals surface area contributed by atoms with Gasteiger partial charge in [-0.05, 0) is 37.1 Å². The summed E-state index contributed by atoms with van der Waals surface area (Å²) in [5.74, 6) is 1.92. The lowest BCUT2D eigenvalue weighted by Crippen LogP contribution is -2.49. The second-order valence-corrected chi connectivity index (χ2v) is 6.21. The van der Waals surface area contributed by atoms with Crippen LogP contribution in [0.3, 0.4) is 0 Å². The molecule has 1 fully saturated rings. The Balaban J connectivity index is 1.50. The van der Waals surface area contributed by atoms with Gasteiger partial charge in [-0.3, -0.25) is 4.79 Å². The molecule has 0 radical (unpaired) electrons. The molecule has 0 saturated carbocycles. The molecule has 1 saturated heterocycles. The third-order valence-electron chi connectivity index (χ3n) is 4.54. The van der Waals surface area contributed by atoms with Crippen molar-refractivity contribution in [2.24, 2.45) is 0 Å². The molecular formula is C19H24N4O2. The van der Waals surface area contributed by atoms with E-state index in [1.165, 1.54) is 0 Å². The number of benzene rings is 1. The molecule has 1 amide bonds. The molecule has 0 aliphatic carbocycles. The second kappa shape index (κ2) is 7.96. The Morgan fingerprint density at radius 1 is 1.08 bits per heavy atom. The monoisotopic (exact) mass is 340 g/mol. The predicted octanol–water partition coefficient (Wildman–Crippen LogP) is 2.08. The van der Waals surface area contributed by atoms with E-state index in [9.17, 15) is 4.79 Å². The number of hydrogen-bond donors (Lipinski definition) is 0. The molecule has 0 bridgehead atoms. The molecule has 0 spiro atoms. The van der Waals surface area contributed by atoms with Gasteiger partial charge in [-0.15, -0.1) is 5.10 Å². The lowest BCUT2D eigenvalue weighted by Gasteiger charge is -2.35. The minimum atomic E-state index is 0.195. The van der Waals surface area contributed by atoms with Gasteiger partial charge in [0, 0.05) is 32.6 Å². The normalized spacial score (nSPS) is 14.5. The highest BCUT2D eigenvalue weighted by Gasteiger charge is 2.22. The molecular weight excluding hydrogens is 316 g/mol. The van der Waals surface area contributed by atoms with Crippen molar-refractivity contribution in [1.29, 1.82) is 0 Å². The number of hydrogen-bond acceptors (Lipinski definition) is 5. The van der Waals surface area contributed by atoms with Gasteiger partial charge in [-0.2, -0.15) is 5.10 Å². The summed E-state index contributed by atoms with van der Waals surface area (Å²) in [6, 6.07) is 11.8. The fourth-order valence-electron chi connectivity index (χ4n) is 3.05. The molecule has 3 rings (SSSR count). The zero-order valence-corrected chi connectivity index (χ0v) is 14.8. The number of anilines is 1. The zero-order valence-electron chi connectivity index (χ0n) is 14.8. The van der Waals surface area contributed by atoms with E-state index in [1.54, 1.807) is 7.11 Å². The van der Waals surface area contributed by atoms with E-state index < -0.39 is 0 Å². The maximum atomic E-state index is 12.5. The van der Waals surface area contributed by atoms with Gasteiger partial charge in [0.1, 0.15) is 5.75 Å². The van der Waals surface area contributed by atoms with Crippen molar-refractivity contribution in [2.75, 3.05) is 38.2 Å². The number of aromatic nitrogens is 2. The third-order valence-corrected chi connectivity index (χ3v) is 4.54. The van der Waals surface area contributed by atoms with Crippen LogP contribution in [0.1, 0.15) is 17.7 Å². The van der Waals surface area contributed by atoms with Crippen LogP contribution in [0.25, 0.3) is 0 Å². The molecule has 1 aliphatic heterocycles. The number of amides is 1. The number of nitrogens with zero attached hydrogens (tertiary/aromatic N) is 4. The Morgan fingerprint density at radius 2 is 1.84 bits per heavy atom. The van der Waals surface area contributed by atoms with Crippen LogP contribution in [0, 0.1) is 6.92 Å². The molecule has 0 unspecified atom stereocenters. The van der Waals surface area contributed by atoms with Crippen molar-refractivity contribution in [3.63, 3.8) is 0 Å². The van der Waals surface area contributed by atoms with Gasteiger partial charge >= 0.3 is 0 Å². The molecule has 0 N–H and O–H groups in total. The van der Waals surface area contributed by atoms with Crippen LogP contribution in [0.2, 0.25) is 0 Å². The van der Waals surface area contributed by atoms with E-state index in [0.717, 1.165) is 49.0 Å². The molecule has 1 aromatic heterocycles. The lowest BCUT2D eigenvalue weighted by molar-refractivity contribution is -0.131. The molecule has 6 heteroatoms.